The Morgan fingerprint density at radius 2 is 0.861 bits per heavy atom. The van der Waals surface area contributed by atoms with Crippen LogP contribution in [0.15, 0.2) is 121 Å². The van der Waals surface area contributed by atoms with Gasteiger partial charge in [0.1, 0.15) is 61.4 Å². The Morgan fingerprint density at radius 1 is 0.407 bits per heavy atom. The molecule has 31 atom stereocenters. The van der Waals surface area contributed by atoms with Crippen LogP contribution in [0.4, 0.5) is 4.79 Å². The van der Waals surface area contributed by atoms with Crippen LogP contribution >= 0.6 is 0 Å². The summed E-state index contributed by atoms with van der Waals surface area (Å²) in [4.78, 5) is 40.8. The minimum absolute atomic E-state index is 0.00674. The summed E-state index contributed by atoms with van der Waals surface area (Å²) in [5, 5.41) is 9.37. The summed E-state index contributed by atoms with van der Waals surface area (Å²) in [5.41, 5.74) is 3.59. The molecule has 0 radical (unpaired) electrons. The zero-order valence-corrected chi connectivity index (χ0v) is 66.1. The smallest absolute Gasteiger partial charge is 0.407 e. The van der Waals surface area contributed by atoms with Gasteiger partial charge in [-0.2, -0.15) is 0 Å². The maximum Gasteiger partial charge on any atom is 0.407 e. The molecule has 7 heterocycles. The van der Waals surface area contributed by atoms with Gasteiger partial charge in [0.2, 0.25) is 11.8 Å². The van der Waals surface area contributed by atoms with E-state index < -0.39 is 129 Å². The highest BCUT2D eigenvalue weighted by Gasteiger charge is 2.59. The van der Waals surface area contributed by atoms with Crippen LogP contribution in [0.25, 0.3) is 0 Å². The lowest BCUT2D eigenvalue weighted by Gasteiger charge is -2.54. The number of ether oxygens (including phenoxy) is 17. The summed E-state index contributed by atoms with van der Waals surface area (Å²) in [6.45, 7) is 32.0. The maximum absolute atomic E-state index is 14.2. The van der Waals surface area contributed by atoms with E-state index >= 15 is 0 Å². The summed E-state index contributed by atoms with van der Waals surface area (Å²) in [7, 11) is 0. The van der Waals surface area contributed by atoms with Gasteiger partial charge < -0.3 is 96.5 Å². The molecule has 0 bridgehead atoms. The van der Waals surface area contributed by atoms with Crippen LogP contribution in [0.1, 0.15) is 165 Å². The van der Waals surface area contributed by atoms with Crippen molar-refractivity contribution in [2.24, 2.45) is 53.3 Å². The lowest BCUT2D eigenvalue weighted by atomic mass is 9.78. The van der Waals surface area contributed by atoms with Crippen LogP contribution in [0, 0.1) is 53.3 Å². The number of benzene rings is 4. The van der Waals surface area contributed by atoms with E-state index in [0.29, 0.717) is 25.2 Å². The fraction of sp³-hybridized carbons (Fsp3) is 0.682. The number of hydrogen-bond acceptors (Lipinski definition) is 20. The summed E-state index contributed by atoms with van der Waals surface area (Å²) < 4.78 is 119. The van der Waals surface area contributed by atoms with Crippen molar-refractivity contribution in [2.75, 3.05) is 26.4 Å². The van der Waals surface area contributed by atoms with Crippen LogP contribution < -0.4 is 16.0 Å². The Kier molecular flexibility index (Phi) is 30.7. The van der Waals surface area contributed by atoms with Gasteiger partial charge in [-0.05, 0) is 78.4 Å². The first-order valence-electron chi connectivity index (χ1n) is 40.1. The Bertz CT molecular complexity index is 3350. The molecule has 3 amide bonds. The van der Waals surface area contributed by atoms with Crippen molar-refractivity contribution >= 4 is 17.9 Å². The van der Waals surface area contributed by atoms with Crippen LogP contribution in [-0.4, -0.2) is 173 Å². The van der Waals surface area contributed by atoms with E-state index in [4.69, 9.17) is 80.5 Å². The molecule has 0 aliphatic carbocycles. The molecule has 7 aliphatic rings. The molecule has 11 rings (SSSR count). The molecule has 7 fully saturated rings. The first-order chi connectivity index (χ1) is 52.2. The third-order valence-electron chi connectivity index (χ3n) is 24.1. The highest BCUT2D eigenvalue weighted by atomic mass is 16.8. The van der Waals surface area contributed by atoms with E-state index in [1.54, 1.807) is 0 Å². The minimum Gasteiger partial charge on any atom is -0.445 e. The monoisotopic (exact) mass is 1510 g/mol. The molecule has 598 valence electrons. The van der Waals surface area contributed by atoms with Gasteiger partial charge in [-0.25, -0.2) is 4.79 Å². The first kappa shape index (κ1) is 83.4. The molecule has 0 aromatic heterocycles. The zero-order chi connectivity index (χ0) is 76.7. The van der Waals surface area contributed by atoms with E-state index in [9.17, 15) is 14.4 Å². The van der Waals surface area contributed by atoms with Crippen LogP contribution in [0.3, 0.4) is 0 Å². The van der Waals surface area contributed by atoms with E-state index in [1.165, 1.54) is 13.8 Å². The molecule has 4 aromatic carbocycles. The van der Waals surface area contributed by atoms with Crippen molar-refractivity contribution in [1.29, 1.82) is 0 Å². The summed E-state index contributed by atoms with van der Waals surface area (Å²) >= 11 is 0. The molecular formula is C85H123N3O20. The lowest BCUT2D eigenvalue weighted by molar-refractivity contribution is -0.391. The molecule has 23 heteroatoms. The molecule has 7 saturated heterocycles. The summed E-state index contributed by atoms with van der Waals surface area (Å²) in [6, 6.07) is 37.1. The highest BCUT2D eigenvalue weighted by Crippen LogP contribution is 2.46. The highest BCUT2D eigenvalue weighted by molar-refractivity contribution is 5.73. The quantitative estimate of drug-likeness (QED) is 0.0396. The first-order valence-corrected chi connectivity index (χ1v) is 40.1. The average Bonchev–Trinajstić information content (AvgIpc) is 0.666. The molecule has 0 saturated carbocycles. The number of fused-ring (bicyclic) bond motifs is 1. The zero-order valence-electron chi connectivity index (χ0n) is 66.1. The van der Waals surface area contributed by atoms with Crippen LogP contribution in [0.2, 0.25) is 0 Å². The van der Waals surface area contributed by atoms with Gasteiger partial charge in [0.05, 0.1) is 69.7 Å². The van der Waals surface area contributed by atoms with Gasteiger partial charge >= 0.3 is 6.09 Å². The fourth-order valence-electron chi connectivity index (χ4n) is 16.7. The number of amides is 3. The standard InChI is InChI=1S/C85H123N3O20/c1-16-63-50(7)48(5)53(10)78(97-63)107-75-70(88-58(15)90)83(104-72-56(13)65(18-3)99-84(77(72)94-44-60-35-26-21-27-36-60)93-42-32-41-86-85(91)96-45-61-37-28-22-29-38-61)101-67(46-92-43-59-33-24-20-25-34-59)73(75)105-80-55(12)52(9)71(66(19-4)100-80)103-82-69(87-57(14)89)76(108-79-54(11)49(6)51(8)64(17-2)98-79)74-68(102-82)47-95-81(106-74)62-39-30-23-31-40-62/h20-31,33-40,48-56,63-84H,16-19,32,41-47H2,1-15H3,(H,86,91)(H,87,89)(H,88,90)/t48-,49-,50-,51-,52+,53?,54?,55?,56+,63?,64?,65?,66?,67?,68?,69?,70?,71-,72-,73-,74-,75+,76+,77?,78-,79-,80+,81?,82-,83-,84-/m0/s1. The normalized spacial score (nSPS) is 38.5. The van der Waals surface area contributed by atoms with Crippen molar-refractivity contribution in [3.8, 4) is 0 Å². The Balaban J connectivity index is 0.907. The van der Waals surface area contributed by atoms with Gasteiger partial charge in [0.15, 0.2) is 44.0 Å². The van der Waals surface area contributed by atoms with Crippen molar-refractivity contribution in [3.63, 3.8) is 0 Å². The fourth-order valence-corrected chi connectivity index (χ4v) is 16.7. The Labute approximate surface area is 640 Å². The second kappa shape index (κ2) is 39.8. The molecule has 108 heavy (non-hydrogen) atoms. The predicted molar refractivity (Wildman–Crippen MR) is 402 cm³/mol. The van der Waals surface area contributed by atoms with Crippen molar-refractivity contribution in [1.82, 2.24) is 16.0 Å². The largest absolute Gasteiger partial charge is 0.445 e. The number of alkyl carbamates (subject to hydrolysis) is 1. The topological polar surface area (TPSA) is 244 Å². The number of carbonyl (C=O) groups excluding carboxylic acids is 3. The summed E-state index contributed by atoms with van der Waals surface area (Å²) in [5.74, 6) is -0.858. The van der Waals surface area contributed by atoms with Crippen LogP contribution in [0.5, 0.6) is 0 Å². The SMILES string of the molecule is CCC1O[C@@H](O[C@@H]2C(NC(C)=O)[C@H](O[C@@H]3C(CC)O[C@H](O[C@H]4C(COCc5ccccc5)O[C@@H](O[C@@H]5C(OCc6ccccc6)[C@@H](OCCCNC(=O)OCc6ccccc6)OC(CC)[C@H]5C)C(NC(C)=O)[C@H]4O[C@@H]4OC(CC)[C@@H](C)[C@H](C)C4C)C(C)[C@H]3C)OC3COC(c4ccccc4)O[C@@H]32)C(C)[C@@H](C)[C@@H]1C. The van der Waals surface area contributed by atoms with Crippen molar-refractivity contribution < 1.29 is 94.9 Å². The molecule has 3 N–H and O–H groups in total. The summed E-state index contributed by atoms with van der Waals surface area (Å²) in [6.07, 6.45) is -12.4. The molecule has 0 spiro atoms. The van der Waals surface area contributed by atoms with Gasteiger partial charge in [-0.1, -0.05) is 211 Å². The van der Waals surface area contributed by atoms with Crippen LogP contribution in [-0.2, 0) is 110 Å². The number of carbonyl (C=O) groups is 3. The molecular weight excluding hydrogens is 1380 g/mol. The number of rotatable bonds is 31. The van der Waals surface area contributed by atoms with E-state index in [2.05, 4.69) is 99.0 Å². The third kappa shape index (κ3) is 20.6. The lowest BCUT2D eigenvalue weighted by Crippen LogP contribution is -2.70. The van der Waals surface area contributed by atoms with Crippen molar-refractivity contribution in [3.05, 3.63) is 144 Å². The second-order valence-corrected chi connectivity index (χ2v) is 31.2. The van der Waals surface area contributed by atoms with Gasteiger partial charge in [0.25, 0.3) is 0 Å². The molecule has 23 nitrogen and oxygen atoms in total. The van der Waals surface area contributed by atoms with E-state index in [1.807, 2.05) is 128 Å². The minimum atomic E-state index is -1.24. The average molecular weight is 1510 g/mol. The Hall–Kier alpha value is -5.55. The van der Waals surface area contributed by atoms with Gasteiger partial charge in [0, 0.05) is 49.6 Å². The van der Waals surface area contributed by atoms with E-state index in [-0.39, 0.29) is 118 Å². The second-order valence-electron chi connectivity index (χ2n) is 31.2. The van der Waals surface area contributed by atoms with Gasteiger partial charge in [-0.15, -0.1) is 0 Å². The van der Waals surface area contributed by atoms with E-state index in [0.717, 1.165) is 35.1 Å². The molecule has 7 aliphatic heterocycles. The number of hydrogen-bond donors (Lipinski definition) is 3. The van der Waals surface area contributed by atoms with Crippen molar-refractivity contribution in [2.45, 2.75) is 291 Å². The molecule has 4 aromatic rings. The molecule has 13 unspecified atom stereocenters. The third-order valence-corrected chi connectivity index (χ3v) is 24.1. The Morgan fingerprint density at radius 3 is 1.43 bits per heavy atom. The van der Waals surface area contributed by atoms with Gasteiger partial charge in [-0.3, -0.25) is 9.59 Å². The predicted octanol–water partition coefficient (Wildman–Crippen LogP) is 12.9. The maximum atomic E-state index is 14.2. The number of nitrogens with one attached hydrogen (secondary N) is 3.